The summed E-state index contributed by atoms with van der Waals surface area (Å²) in [6.07, 6.45) is -2.90. The van der Waals surface area contributed by atoms with Gasteiger partial charge in [-0.05, 0) is 44.4 Å². The third-order valence-corrected chi connectivity index (χ3v) is 7.10. The molecule has 1 saturated carbocycles. The van der Waals surface area contributed by atoms with Crippen LogP contribution in [0.2, 0.25) is 0 Å². The third kappa shape index (κ3) is 4.02. The lowest BCUT2D eigenvalue weighted by Crippen LogP contribution is -2.61. The van der Waals surface area contributed by atoms with Crippen molar-refractivity contribution in [2.75, 3.05) is 6.61 Å². The molecule has 1 aliphatic heterocycles. The van der Waals surface area contributed by atoms with Crippen molar-refractivity contribution in [1.82, 2.24) is 0 Å². The normalized spacial score (nSPS) is 45.2. The van der Waals surface area contributed by atoms with Gasteiger partial charge >= 0.3 is 5.97 Å². The number of hydrogen-bond acceptors (Lipinski definition) is 7. The molecule has 0 unspecified atom stereocenters. The summed E-state index contributed by atoms with van der Waals surface area (Å²) in [5.41, 5.74) is 0.925. The summed E-state index contributed by atoms with van der Waals surface area (Å²) in [6, 6.07) is 0. The number of carboxylic acids is 1. The van der Waals surface area contributed by atoms with E-state index in [-0.39, 0.29) is 11.8 Å². The van der Waals surface area contributed by atoms with Crippen LogP contribution in [0.15, 0.2) is 23.8 Å². The number of aliphatic hydroxyl groups is 4. The molecule has 2 aliphatic carbocycles. The fourth-order valence-electron chi connectivity index (χ4n) is 5.08. The van der Waals surface area contributed by atoms with Gasteiger partial charge < -0.3 is 35.0 Å². The van der Waals surface area contributed by atoms with Gasteiger partial charge in [0.15, 0.2) is 6.29 Å². The molecular weight excluding hydrogens is 380 g/mol. The van der Waals surface area contributed by atoms with E-state index in [0.717, 1.165) is 18.4 Å². The van der Waals surface area contributed by atoms with Crippen molar-refractivity contribution in [2.45, 2.75) is 76.3 Å². The number of allylic oxidation sites excluding steroid dienone is 1. The zero-order valence-corrected chi connectivity index (χ0v) is 16.9. The van der Waals surface area contributed by atoms with Gasteiger partial charge in [0, 0.05) is 11.0 Å². The molecule has 9 atom stereocenters. The maximum absolute atomic E-state index is 11.9. The molecule has 29 heavy (non-hydrogen) atoms. The molecule has 8 nitrogen and oxygen atoms in total. The Morgan fingerprint density at radius 1 is 1.31 bits per heavy atom. The second-order valence-corrected chi connectivity index (χ2v) is 8.90. The number of carboxylic acid groups (broad SMARTS) is 1. The van der Waals surface area contributed by atoms with Crippen LogP contribution in [0.1, 0.15) is 39.5 Å². The smallest absolute Gasteiger partial charge is 0.331 e. The Morgan fingerprint density at radius 3 is 2.59 bits per heavy atom. The second-order valence-electron chi connectivity index (χ2n) is 8.90. The molecule has 1 saturated heterocycles. The minimum Gasteiger partial charge on any atom is -0.478 e. The average Bonchev–Trinajstić information content (AvgIpc) is 2.67. The number of aliphatic hydroxyl groups excluding tert-OH is 4. The minimum atomic E-state index is -1.51. The van der Waals surface area contributed by atoms with E-state index in [1.807, 2.05) is 13.8 Å². The summed E-state index contributed by atoms with van der Waals surface area (Å²) in [4.78, 5) is 11.9. The van der Waals surface area contributed by atoms with Gasteiger partial charge in [-0.15, -0.1) is 0 Å². The fourth-order valence-corrected chi connectivity index (χ4v) is 5.08. The number of hydrogen-bond donors (Lipinski definition) is 5. The molecule has 0 bridgehead atoms. The van der Waals surface area contributed by atoms with Crippen molar-refractivity contribution in [2.24, 2.45) is 17.3 Å². The Bertz CT molecular complexity index is 674. The first-order chi connectivity index (χ1) is 13.6. The van der Waals surface area contributed by atoms with Gasteiger partial charge in [0.25, 0.3) is 0 Å². The van der Waals surface area contributed by atoms with Gasteiger partial charge in [-0.1, -0.05) is 25.2 Å². The molecule has 0 aromatic rings. The molecule has 164 valence electrons. The highest BCUT2D eigenvalue weighted by Crippen LogP contribution is 2.54. The SMILES string of the molecule is C=C(C)[C@@H]1CC[C@@]2(C)[C@H](O[C@@H]3O[C@H](CO)[C@@H](O)[C@H](O)[C@H]3O)CC=C(C(=O)O)[C@@H]2C1. The largest absolute Gasteiger partial charge is 0.478 e. The van der Waals surface area contributed by atoms with Crippen LogP contribution in [-0.4, -0.2) is 74.9 Å². The topological polar surface area (TPSA) is 137 Å². The lowest BCUT2D eigenvalue weighted by atomic mass is 9.56. The van der Waals surface area contributed by atoms with Crippen molar-refractivity contribution in [1.29, 1.82) is 0 Å². The maximum atomic E-state index is 11.9. The Morgan fingerprint density at radius 2 is 2.00 bits per heavy atom. The molecule has 1 heterocycles. The van der Waals surface area contributed by atoms with Crippen LogP contribution in [-0.2, 0) is 14.3 Å². The van der Waals surface area contributed by atoms with Gasteiger partial charge in [0.2, 0.25) is 0 Å². The first-order valence-corrected chi connectivity index (χ1v) is 10.1. The van der Waals surface area contributed by atoms with Crippen LogP contribution in [0.5, 0.6) is 0 Å². The first kappa shape index (κ1) is 22.4. The Labute approximate surface area is 170 Å². The van der Waals surface area contributed by atoms with Gasteiger partial charge in [-0.25, -0.2) is 4.79 Å². The third-order valence-electron chi connectivity index (χ3n) is 7.10. The Balaban J connectivity index is 1.85. The van der Waals surface area contributed by atoms with Crippen molar-refractivity contribution in [3.05, 3.63) is 23.8 Å². The number of ether oxygens (including phenoxy) is 2. The number of carbonyl (C=O) groups is 1. The monoisotopic (exact) mass is 412 g/mol. The molecule has 5 N–H and O–H groups in total. The summed E-state index contributed by atoms with van der Waals surface area (Å²) in [5.74, 6) is -0.934. The van der Waals surface area contributed by atoms with Crippen molar-refractivity contribution >= 4 is 5.97 Å². The Kier molecular flexibility index (Phi) is 6.53. The lowest BCUT2D eigenvalue weighted by Gasteiger charge is -2.52. The van der Waals surface area contributed by atoms with Gasteiger partial charge in [-0.3, -0.25) is 0 Å². The van der Waals surface area contributed by atoms with Crippen molar-refractivity contribution in [3.63, 3.8) is 0 Å². The van der Waals surface area contributed by atoms with Crippen LogP contribution in [0.3, 0.4) is 0 Å². The standard InChI is InChI=1S/C21H32O8/c1-10(2)11-6-7-21(3)13(8-11)12(19(26)27)4-5-15(21)29-20-18(25)17(24)16(23)14(9-22)28-20/h4,11,13-18,20,22-25H,1,5-9H2,2-3H3,(H,26,27)/t11-,13+,14-,15-,16-,17+,18-,20+,21-/m1/s1. The molecule has 0 amide bonds. The predicted octanol–water partition coefficient (Wildman–Crippen LogP) is 0.585. The zero-order chi connectivity index (χ0) is 21.5. The maximum Gasteiger partial charge on any atom is 0.331 e. The lowest BCUT2D eigenvalue weighted by molar-refractivity contribution is -0.322. The molecule has 0 aromatic carbocycles. The highest BCUT2D eigenvalue weighted by molar-refractivity contribution is 5.87. The highest BCUT2D eigenvalue weighted by atomic mass is 16.7. The van der Waals surface area contributed by atoms with E-state index in [2.05, 4.69) is 6.58 Å². The average molecular weight is 412 g/mol. The van der Waals surface area contributed by atoms with E-state index in [1.54, 1.807) is 6.08 Å². The molecule has 3 rings (SSSR count). The number of aliphatic carboxylic acids is 1. The van der Waals surface area contributed by atoms with E-state index in [4.69, 9.17) is 9.47 Å². The number of fused-ring (bicyclic) bond motifs is 1. The summed E-state index contributed by atoms with van der Waals surface area (Å²) in [6.45, 7) is 7.47. The number of rotatable bonds is 5. The molecule has 2 fully saturated rings. The fraction of sp³-hybridized carbons (Fsp3) is 0.762. The van der Waals surface area contributed by atoms with E-state index in [9.17, 15) is 30.3 Å². The van der Waals surface area contributed by atoms with E-state index >= 15 is 0 Å². The van der Waals surface area contributed by atoms with E-state index in [0.29, 0.717) is 18.4 Å². The van der Waals surface area contributed by atoms with Gasteiger partial charge in [-0.2, -0.15) is 0 Å². The Hall–Kier alpha value is -1.29. The molecule has 0 radical (unpaired) electrons. The van der Waals surface area contributed by atoms with E-state index in [1.165, 1.54) is 0 Å². The summed E-state index contributed by atoms with van der Waals surface area (Å²) in [7, 11) is 0. The zero-order valence-electron chi connectivity index (χ0n) is 16.9. The van der Waals surface area contributed by atoms with Crippen molar-refractivity contribution in [3.8, 4) is 0 Å². The quantitative estimate of drug-likeness (QED) is 0.414. The van der Waals surface area contributed by atoms with Crippen LogP contribution >= 0.6 is 0 Å². The highest BCUT2D eigenvalue weighted by Gasteiger charge is 2.53. The minimum absolute atomic E-state index is 0.237. The second kappa shape index (κ2) is 8.45. The van der Waals surface area contributed by atoms with E-state index < -0.39 is 54.8 Å². The molecule has 0 aromatic heterocycles. The van der Waals surface area contributed by atoms with Gasteiger partial charge in [0.05, 0.1) is 12.7 Å². The summed E-state index contributed by atoms with van der Waals surface area (Å²) in [5, 5.41) is 49.4. The summed E-state index contributed by atoms with van der Waals surface area (Å²) < 4.78 is 11.6. The van der Waals surface area contributed by atoms with Crippen molar-refractivity contribution < 1.29 is 39.8 Å². The van der Waals surface area contributed by atoms with Crippen LogP contribution in [0.25, 0.3) is 0 Å². The first-order valence-electron chi connectivity index (χ1n) is 10.1. The molecular formula is C21H32O8. The molecule has 8 heteroatoms. The predicted molar refractivity (Wildman–Crippen MR) is 103 cm³/mol. The van der Waals surface area contributed by atoms with Crippen LogP contribution in [0, 0.1) is 17.3 Å². The molecule has 0 spiro atoms. The molecule has 3 aliphatic rings. The van der Waals surface area contributed by atoms with Crippen LogP contribution < -0.4 is 0 Å². The van der Waals surface area contributed by atoms with Gasteiger partial charge in [0.1, 0.15) is 24.4 Å². The van der Waals surface area contributed by atoms with Crippen LogP contribution in [0.4, 0.5) is 0 Å². The summed E-state index contributed by atoms with van der Waals surface area (Å²) >= 11 is 0.